The largest absolute Gasteiger partial charge is 0.507 e. The molecule has 2 rings (SSSR count). The number of hydrogen-bond acceptors (Lipinski definition) is 4. The number of aromatic hydroxyl groups is 1. The average Bonchev–Trinajstić information content (AvgIpc) is 2.48. The van der Waals surface area contributed by atoms with E-state index >= 15 is 0 Å². The Balaban J connectivity index is 2.06. The van der Waals surface area contributed by atoms with Gasteiger partial charge in [0, 0.05) is 5.69 Å². The second-order valence-electron chi connectivity index (χ2n) is 6.58. The number of anilines is 1. The van der Waals surface area contributed by atoms with Crippen LogP contribution in [0.5, 0.6) is 11.5 Å². The molecule has 24 heavy (non-hydrogen) atoms. The van der Waals surface area contributed by atoms with Crippen LogP contribution in [-0.2, 0) is 5.41 Å². The van der Waals surface area contributed by atoms with E-state index in [9.17, 15) is 14.7 Å². The van der Waals surface area contributed by atoms with Crippen LogP contribution in [0.25, 0.3) is 0 Å². The van der Waals surface area contributed by atoms with Crippen LogP contribution in [0.1, 0.15) is 43.6 Å². The lowest BCUT2D eigenvalue weighted by molar-refractivity contribution is 0.101. The van der Waals surface area contributed by atoms with E-state index < -0.39 is 6.09 Å². The number of ketones is 1. The summed E-state index contributed by atoms with van der Waals surface area (Å²) in [7, 11) is 0. The number of hydrogen-bond donors (Lipinski definition) is 2. The molecule has 1 amide bonds. The van der Waals surface area contributed by atoms with Crippen LogP contribution in [-0.4, -0.2) is 17.0 Å². The summed E-state index contributed by atoms with van der Waals surface area (Å²) in [6.45, 7) is 7.65. The SMILES string of the molecule is CC(=O)c1cc(NC(=O)Oc2ccc(C(C)(C)C)cc2)ccc1O. The van der Waals surface area contributed by atoms with Crippen molar-refractivity contribution in [2.45, 2.75) is 33.1 Å². The number of rotatable bonds is 3. The Morgan fingerprint density at radius 1 is 1.04 bits per heavy atom. The second kappa shape index (κ2) is 6.74. The maximum absolute atomic E-state index is 11.9. The quantitative estimate of drug-likeness (QED) is 0.643. The first-order valence-electron chi connectivity index (χ1n) is 7.60. The van der Waals surface area contributed by atoms with E-state index in [0.717, 1.165) is 5.56 Å². The molecule has 0 fully saturated rings. The summed E-state index contributed by atoms with van der Waals surface area (Å²) in [4.78, 5) is 23.4. The molecule has 0 bridgehead atoms. The van der Waals surface area contributed by atoms with E-state index in [1.54, 1.807) is 12.1 Å². The van der Waals surface area contributed by atoms with Gasteiger partial charge in [-0.25, -0.2) is 4.79 Å². The van der Waals surface area contributed by atoms with Crippen molar-refractivity contribution in [3.8, 4) is 11.5 Å². The third-order valence-electron chi connectivity index (χ3n) is 3.55. The van der Waals surface area contributed by atoms with Crippen molar-refractivity contribution in [2.75, 3.05) is 5.32 Å². The molecule has 0 unspecified atom stereocenters. The van der Waals surface area contributed by atoms with Gasteiger partial charge in [-0.3, -0.25) is 10.1 Å². The fraction of sp³-hybridized carbons (Fsp3) is 0.263. The molecule has 0 aliphatic carbocycles. The van der Waals surface area contributed by atoms with Crippen molar-refractivity contribution in [2.24, 2.45) is 0 Å². The van der Waals surface area contributed by atoms with Crippen LogP contribution < -0.4 is 10.1 Å². The van der Waals surface area contributed by atoms with Gasteiger partial charge in [0.25, 0.3) is 0 Å². The summed E-state index contributed by atoms with van der Waals surface area (Å²) < 4.78 is 5.22. The zero-order valence-corrected chi connectivity index (χ0v) is 14.2. The van der Waals surface area contributed by atoms with Gasteiger partial charge in [0.15, 0.2) is 5.78 Å². The fourth-order valence-electron chi connectivity index (χ4n) is 2.17. The molecule has 0 atom stereocenters. The number of ether oxygens (including phenoxy) is 1. The average molecular weight is 327 g/mol. The lowest BCUT2D eigenvalue weighted by Crippen LogP contribution is -2.17. The summed E-state index contributed by atoms with van der Waals surface area (Å²) in [5, 5.41) is 12.1. The lowest BCUT2D eigenvalue weighted by Gasteiger charge is -2.19. The molecule has 5 heteroatoms. The van der Waals surface area contributed by atoms with Crippen molar-refractivity contribution >= 4 is 17.6 Å². The van der Waals surface area contributed by atoms with Crippen LogP contribution >= 0.6 is 0 Å². The minimum absolute atomic E-state index is 0.0237. The standard InChI is InChI=1S/C19H21NO4/c1-12(21)16-11-14(7-10-17(16)22)20-18(23)24-15-8-5-13(6-9-15)19(2,3)4/h5-11,22H,1-4H3,(H,20,23). The Labute approximate surface area is 141 Å². The van der Waals surface area contributed by atoms with Gasteiger partial charge in [-0.15, -0.1) is 0 Å². The smallest absolute Gasteiger partial charge is 0.417 e. The van der Waals surface area contributed by atoms with Gasteiger partial charge in [0.2, 0.25) is 0 Å². The minimum Gasteiger partial charge on any atom is -0.507 e. The molecule has 5 nitrogen and oxygen atoms in total. The Kier molecular flexibility index (Phi) is 4.93. The van der Waals surface area contributed by atoms with Crippen LogP contribution in [0.2, 0.25) is 0 Å². The molecule has 2 aromatic carbocycles. The van der Waals surface area contributed by atoms with Crippen LogP contribution in [0, 0.1) is 0 Å². The number of Topliss-reactive ketones (excluding diaryl/α,β-unsaturated/α-hetero) is 1. The van der Waals surface area contributed by atoms with Gasteiger partial charge in [0.1, 0.15) is 11.5 Å². The molecule has 0 aromatic heterocycles. The minimum atomic E-state index is -0.668. The zero-order chi connectivity index (χ0) is 17.9. The maximum atomic E-state index is 11.9. The predicted octanol–water partition coefficient (Wildman–Crippen LogP) is 4.50. The van der Waals surface area contributed by atoms with Gasteiger partial charge in [-0.05, 0) is 48.2 Å². The number of carbonyl (C=O) groups excluding carboxylic acids is 2. The van der Waals surface area contributed by atoms with Gasteiger partial charge in [-0.2, -0.15) is 0 Å². The summed E-state index contributed by atoms with van der Waals surface area (Å²) in [6.07, 6.45) is -0.668. The highest BCUT2D eigenvalue weighted by molar-refractivity contribution is 5.98. The van der Waals surface area contributed by atoms with Crippen molar-refractivity contribution in [1.82, 2.24) is 0 Å². The van der Waals surface area contributed by atoms with E-state index in [0.29, 0.717) is 11.4 Å². The molecule has 2 aromatic rings. The number of phenols is 1. The molecule has 0 aliphatic rings. The highest BCUT2D eigenvalue weighted by Crippen LogP contribution is 2.25. The van der Waals surface area contributed by atoms with Gasteiger partial charge < -0.3 is 9.84 Å². The van der Waals surface area contributed by atoms with Crippen molar-refractivity contribution < 1.29 is 19.4 Å². The van der Waals surface area contributed by atoms with Crippen molar-refractivity contribution in [3.05, 3.63) is 53.6 Å². The number of amides is 1. The van der Waals surface area contributed by atoms with E-state index in [-0.39, 0.29) is 22.5 Å². The number of phenolic OH excluding ortho intramolecular Hbond substituents is 1. The third kappa shape index (κ3) is 4.35. The molecule has 0 spiro atoms. The van der Waals surface area contributed by atoms with Crippen molar-refractivity contribution in [1.29, 1.82) is 0 Å². The molecular weight excluding hydrogens is 306 g/mol. The third-order valence-corrected chi connectivity index (χ3v) is 3.55. The summed E-state index contributed by atoms with van der Waals surface area (Å²) in [5.41, 5.74) is 1.67. The topological polar surface area (TPSA) is 75.6 Å². The molecule has 0 saturated heterocycles. The molecule has 2 N–H and O–H groups in total. The Hall–Kier alpha value is -2.82. The predicted molar refractivity (Wildman–Crippen MR) is 92.9 cm³/mol. The molecule has 0 radical (unpaired) electrons. The number of nitrogens with one attached hydrogen (secondary N) is 1. The fourth-order valence-corrected chi connectivity index (χ4v) is 2.17. The van der Waals surface area contributed by atoms with Gasteiger partial charge >= 0.3 is 6.09 Å². The van der Waals surface area contributed by atoms with E-state index in [1.807, 2.05) is 12.1 Å². The molecule has 126 valence electrons. The first-order chi connectivity index (χ1) is 11.2. The van der Waals surface area contributed by atoms with Crippen LogP contribution in [0.15, 0.2) is 42.5 Å². The summed E-state index contributed by atoms with van der Waals surface area (Å²) in [5.74, 6) is 0.00698. The van der Waals surface area contributed by atoms with Gasteiger partial charge in [0.05, 0.1) is 5.56 Å². The maximum Gasteiger partial charge on any atom is 0.417 e. The summed E-state index contributed by atoms with van der Waals surface area (Å²) in [6, 6.07) is 11.5. The second-order valence-corrected chi connectivity index (χ2v) is 6.58. The Morgan fingerprint density at radius 2 is 1.67 bits per heavy atom. The Morgan fingerprint density at radius 3 is 2.21 bits per heavy atom. The van der Waals surface area contributed by atoms with E-state index in [2.05, 4.69) is 26.1 Å². The molecule has 0 heterocycles. The first-order valence-corrected chi connectivity index (χ1v) is 7.60. The molecule has 0 aliphatic heterocycles. The Bertz CT molecular complexity index is 758. The normalized spacial score (nSPS) is 11.0. The van der Waals surface area contributed by atoms with Crippen LogP contribution in [0.4, 0.5) is 10.5 Å². The van der Waals surface area contributed by atoms with E-state index in [4.69, 9.17) is 4.74 Å². The lowest BCUT2D eigenvalue weighted by atomic mass is 9.87. The van der Waals surface area contributed by atoms with E-state index in [1.165, 1.54) is 25.1 Å². The highest BCUT2D eigenvalue weighted by atomic mass is 16.6. The first kappa shape index (κ1) is 17.5. The van der Waals surface area contributed by atoms with Gasteiger partial charge in [-0.1, -0.05) is 32.9 Å². The number of carbonyl (C=O) groups is 2. The van der Waals surface area contributed by atoms with Crippen molar-refractivity contribution in [3.63, 3.8) is 0 Å². The van der Waals surface area contributed by atoms with Crippen LogP contribution in [0.3, 0.4) is 0 Å². The molecular formula is C19H21NO4. The zero-order valence-electron chi connectivity index (χ0n) is 14.2. The highest BCUT2D eigenvalue weighted by Gasteiger charge is 2.14. The summed E-state index contributed by atoms with van der Waals surface area (Å²) >= 11 is 0. The monoisotopic (exact) mass is 327 g/mol. The number of benzene rings is 2. The molecule has 0 saturated carbocycles.